The lowest BCUT2D eigenvalue weighted by Crippen LogP contribution is -2.43. The topological polar surface area (TPSA) is 84.1 Å². The van der Waals surface area contributed by atoms with Crippen molar-refractivity contribution < 1.29 is 23.8 Å². The number of para-hydroxylation sites is 1. The molecule has 3 aromatic rings. The van der Waals surface area contributed by atoms with Gasteiger partial charge < -0.3 is 29.0 Å². The van der Waals surface area contributed by atoms with E-state index in [9.17, 15) is 9.59 Å². The molecular formula is C29H39N3O5. The Morgan fingerprint density at radius 1 is 0.919 bits per heavy atom. The third-order valence-electron chi connectivity index (χ3n) is 6.42. The van der Waals surface area contributed by atoms with Crippen molar-refractivity contribution in [1.29, 1.82) is 0 Å². The monoisotopic (exact) mass is 509 g/mol. The van der Waals surface area contributed by atoms with Crippen LogP contribution in [-0.2, 0) is 27.3 Å². The van der Waals surface area contributed by atoms with E-state index in [1.807, 2.05) is 54.4 Å². The SMILES string of the molecule is CCCC(=O)N(CCCOC)CC(=O)N(CCc1c[nH]c2ccccc12)Cc1ccc(OC)c(OC)c1. The summed E-state index contributed by atoms with van der Waals surface area (Å²) in [5, 5.41) is 1.15. The molecule has 0 saturated carbocycles. The number of carbonyl (C=O) groups is 2. The molecule has 0 radical (unpaired) electrons. The highest BCUT2D eigenvalue weighted by atomic mass is 16.5. The van der Waals surface area contributed by atoms with Crippen molar-refractivity contribution in [2.24, 2.45) is 0 Å². The summed E-state index contributed by atoms with van der Waals surface area (Å²) in [5.41, 5.74) is 3.15. The largest absolute Gasteiger partial charge is 0.493 e. The molecular weight excluding hydrogens is 470 g/mol. The summed E-state index contributed by atoms with van der Waals surface area (Å²) in [6.07, 6.45) is 4.54. The highest BCUT2D eigenvalue weighted by Gasteiger charge is 2.22. The van der Waals surface area contributed by atoms with Crippen molar-refractivity contribution in [2.75, 3.05) is 47.6 Å². The van der Waals surface area contributed by atoms with Crippen LogP contribution < -0.4 is 9.47 Å². The lowest BCUT2D eigenvalue weighted by Gasteiger charge is -2.28. The maximum atomic E-state index is 13.6. The predicted molar refractivity (Wildman–Crippen MR) is 145 cm³/mol. The Morgan fingerprint density at radius 2 is 1.70 bits per heavy atom. The van der Waals surface area contributed by atoms with E-state index in [0.717, 1.165) is 28.5 Å². The number of fused-ring (bicyclic) bond motifs is 1. The van der Waals surface area contributed by atoms with E-state index in [1.54, 1.807) is 26.2 Å². The molecule has 0 saturated heterocycles. The predicted octanol–water partition coefficient (Wildman–Crippen LogP) is 4.42. The van der Waals surface area contributed by atoms with Gasteiger partial charge in [-0.15, -0.1) is 0 Å². The van der Waals surface area contributed by atoms with Crippen LogP contribution in [0.5, 0.6) is 11.5 Å². The average molecular weight is 510 g/mol. The Balaban J connectivity index is 1.81. The van der Waals surface area contributed by atoms with Crippen molar-refractivity contribution in [3.05, 3.63) is 59.8 Å². The zero-order valence-corrected chi connectivity index (χ0v) is 22.4. The molecule has 0 unspecified atom stereocenters. The van der Waals surface area contributed by atoms with Crippen molar-refractivity contribution in [3.63, 3.8) is 0 Å². The smallest absolute Gasteiger partial charge is 0.242 e. The van der Waals surface area contributed by atoms with Crippen LogP contribution in [0.3, 0.4) is 0 Å². The second-order valence-corrected chi connectivity index (χ2v) is 9.03. The van der Waals surface area contributed by atoms with E-state index in [0.29, 0.717) is 57.0 Å². The van der Waals surface area contributed by atoms with Gasteiger partial charge in [0.2, 0.25) is 11.8 Å². The average Bonchev–Trinajstić information content (AvgIpc) is 3.33. The molecule has 3 rings (SSSR count). The number of H-pyrrole nitrogens is 1. The molecule has 200 valence electrons. The molecule has 1 aromatic heterocycles. The van der Waals surface area contributed by atoms with Crippen molar-refractivity contribution in [3.8, 4) is 11.5 Å². The Hall–Kier alpha value is -3.52. The number of nitrogens with one attached hydrogen (secondary N) is 1. The number of aromatic nitrogens is 1. The molecule has 0 fully saturated rings. The van der Waals surface area contributed by atoms with Crippen LogP contribution in [0, 0.1) is 0 Å². The first-order valence-corrected chi connectivity index (χ1v) is 12.8. The molecule has 0 atom stereocenters. The van der Waals surface area contributed by atoms with Crippen molar-refractivity contribution >= 4 is 22.7 Å². The molecule has 8 heteroatoms. The molecule has 0 aliphatic heterocycles. The molecule has 2 aromatic carbocycles. The second kappa shape index (κ2) is 14.3. The maximum Gasteiger partial charge on any atom is 0.242 e. The van der Waals surface area contributed by atoms with Crippen LogP contribution in [0.15, 0.2) is 48.7 Å². The van der Waals surface area contributed by atoms with Gasteiger partial charge in [-0.25, -0.2) is 0 Å². The molecule has 1 heterocycles. The third-order valence-corrected chi connectivity index (χ3v) is 6.42. The van der Waals surface area contributed by atoms with Gasteiger partial charge in [-0.3, -0.25) is 9.59 Å². The fourth-order valence-electron chi connectivity index (χ4n) is 4.41. The molecule has 37 heavy (non-hydrogen) atoms. The van der Waals surface area contributed by atoms with Crippen LogP contribution in [0.4, 0.5) is 0 Å². The number of ether oxygens (including phenoxy) is 3. The lowest BCUT2D eigenvalue weighted by molar-refractivity contribution is -0.141. The fourth-order valence-corrected chi connectivity index (χ4v) is 4.41. The number of aromatic amines is 1. The zero-order chi connectivity index (χ0) is 26.6. The highest BCUT2D eigenvalue weighted by Crippen LogP contribution is 2.28. The first-order chi connectivity index (χ1) is 18.0. The van der Waals surface area contributed by atoms with Gasteiger partial charge in [0.15, 0.2) is 11.5 Å². The minimum atomic E-state index is -0.0866. The first kappa shape index (κ1) is 28.1. The van der Waals surface area contributed by atoms with Crippen LogP contribution in [0.2, 0.25) is 0 Å². The van der Waals surface area contributed by atoms with E-state index in [1.165, 1.54) is 0 Å². The summed E-state index contributed by atoms with van der Waals surface area (Å²) in [6.45, 7) is 3.96. The van der Waals surface area contributed by atoms with Gasteiger partial charge in [0.1, 0.15) is 0 Å². The van der Waals surface area contributed by atoms with E-state index < -0.39 is 0 Å². The molecule has 0 bridgehead atoms. The summed E-state index contributed by atoms with van der Waals surface area (Å²) in [7, 11) is 4.83. The van der Waals surface area contributed by atoms with Crippen LogP contribution in [0.1, 0.15) is 37.3 Å². The van der Waals surface area contributed by atoms with Gasteiger partial charge in [0.05, 0.1) is 20.8 Å². The summed E-state index contributed by atoms with van der Waals surface area (Å²) < 4.78 is 16.0. The van der Waals surface area contributed by atoms with Gasteiger partial charge in [0, 0.05) is 56.9 Å². The Labute approximate surface area is 219 Å². The number of hydrogen-bond acceptors (Lipinski definition) is 5. The summed E-state index contributed by atoms with van der Waals surface area (Å²) >= 11 is 0. The van der Waals surface area contributed by atoms with Gasteiger partial charge in [-0.2, -0.15) is 0 Å². The zero-order valence-electron chi connectivity index (χ0n) is 22.4. The molecule has 0 aliphatic rings. The van der Waals surface area contributed by atoms with E-state index in [4.69, 9.17) is 14.2 Å². The molecule has 1 N–H and O–H groups in total. The standard InChI is InChI=1S/C29H39N3O5/c1-5-9-28(33)31(15-8-17-35-2)21-29(34)32(20-22-12-13-26(36-3)27(18-22)37-4)16-14-23-19-30-25-11-7-6-10-24(23)25/h6-7,10-13,18-19,30H,5,8-9,14-17,20-21H2,1-4H3. The molecule has 0 aliphatic carbocycles. The number of methoxy groups -OCH3 is 3. The van der Waals surface area contributed by atoms with Gasteiger partial charge in [0.25, 0.3) is 0 Å². The van der Waals surface area contributed by atoms with E-state index in [-0.39, 0.29) is 18.4 Å². The Kier molecular flexibility index (Phi) is 10.8. The number of amides is 2. The second-order valence-electron chi connectivity index (χ2n) is 9.03. The quantitative estimate of drug-likeness (QED) is 0.307. The maximum absolute atomic E-state index is 13.6. The number of rotatable bonds is 15. The van der Waals surface area contributed by atoms with E-state index >= 15 is 0 Å². The van der Waals surface area contributed by atoms with Gasteiger partial charge >= 0.3 is 0 Å². The first-order valence-electron chi connectivity index (χ1n) is 12.8. The Morgan fingerprint density at radius 3 is 2.43 bits per heavy atom. The number of benzene rings is 2. The summed E-state index contributed by atoms with van der Waals surface area (Å²) in [6, 6.07) is 13.8. The third kappa shape index (κ3) is 7.73. The summed E-state index contributed by atoms with van der Waals surface area (Å²) in [5.74, 6) is 1.16. The fraction of sp³-hybridized carbons (Fsp3) is 0.448. The van der Waals surface area contributed by atoms with Crippen molar-refractivity contribution in [1.82, 2.24) is 14.8 Å². The lowest BCUT2D eigenvalue weighted by atomic mass is 10.1. The van der Waals surface area contributed by atoms with Crippen LogP contribution in [-0.4, -0.2) is 74.2 Å². The van der Waals surface area contributed by atoms with Gasteiger partial charge in [-0.1, -0.05) is 31.2 Å². The van der Waals surface area contributed by atoms with Crippen LogP contribution in [0.25, 0.3) is 10.9 Å². The van der Waals surface area contributed by atoms with Crippen LogP contribution >= 0.6 is 0 Å². The molecule has 0 spiro atoms. The molecule has 2 amide bonds. The Bertz CT molecular complexity index is 1160. The minimum absolute atomic E-state index is 0.00496. The van der Waals surface area contributed by atoms with E-state index in [2.05, 4.69) is 11.1 Å². The minimum Gasteiger partial charge on any atom is -0.493 e. The highest BCUT2D eigenvalue weighted by molar-refractivity contribution is 5.85. The normalized spacial score (nSPS) is 10.9. The molecule has 8 nitrogen and oxygen atoms in total. The number of hydrogen-bond donors (Lipinski definition) is 1. The number of carbonyl (C=O) groups excluding carboxylic acids is 2. The summed E-state index contributed by atoms with van der Waals surface area (Å²) in [4.78, 5) is 33.2. The number of nitrogens with zero attached hydrogens (tertiary/aromatic N) is 2. The van der Waals surface area contributed by atoms with Crippen molar-refractivity contribution in [2.45, 2.75) is 39.2 Å². The van der Waals surface area contributed by atoms with Gasteiger partial charge in [-0.05, 0) is 48.6 Å².